The van der Waals surface area contributed by atoms with Gasteiger partial charge in [-0.05, 0) is 0 Å². The number of carbonyl (C=O) groups excluding carboxylic acids is 1. The van der Waals surface area contributed by atoms with Gasteiger partial charge in [-0.1, -0.05) is 0 Å². The highest BCUT2D eigenvalue weighted by atomic mass is 19.4. The Kier molecular flexibility index (Phi) is 3.11. The van der Waals surface area contributed by atoms with Crippen LogP contribution >= 0.6 is 0 Å². The summed E-state index contributed by atoms with van der Waals surface area (Å²) in [5.41, 5.74) is 0. The standard InChI is InChI=1S/C6H5F3N4O3/c7-6(8,9)5(16)10-1-2-11-3(4(14)15)13-12-2/h1H2,(H,10,16)(H,14,15)(H,11,12,13). The zero-order valence-corrected chi connectivity index (χ0v) is 7.50. The fourth-order valence-electron chi connectivity index (χ4n) is 0.734. The molecule has 10 heteroatoms. The first kappa shape index (κ1) is 11.9. The largest absolute Gasteiger partial charge is 0.475 e. The fraction of sp³-hybridized carbons (Fsp3) is 0.333. The van der Waals surface area contributed by atoms with Crippen LogP contribution in [-0.2, 0) is 11.3 Å². The van der Waals surface area contributed by atoms with Crippen molar-refractivity contribution in [3.63, 3.8) is 0 Å². The lowest BCUT2D eigenvalue weighted by Gasteiger charge is -2.05. The first-order chi connectivity index (χ1) is 7.30. The van der Waals surface area contributed by atoms with Gasteiger partial charge in [0, 0.05) is 0 Å². The summed E-state index contributed by atoms with van der Waals surface area (Å²) in [7, 11) is 0. The van der Waals surface area contributed by atoms with Crippen LogP contribution in [0.15, 0.2) is 0 Å². The van der Waals surface area contributed by atoms with E-state index in [1.165, 1.54) is 5.32 Å². The van der Waals surface area contributed by atoms with Gasteiger partial charge in [0.05, 0.1) is 6.54 Å². The van der Waals surface area contributed by atoms with Gasteiger partial charge in [-0.2, -0.15) is 13.2 Å². The monoisotopic (exact) mass is 238 g/mol. The van der Waals surface area contributed by atoms with Crippen LogP contribution in [0.1, 0.15) is 16.4 Å². The third kappa shape index (κ3) is 2.93. The Morgan fingerprint density at radius 3 is 2.50 bits per heavy atom. The highest BCUT2D eigenvalue weighted by molar-refractivity contribution is 5.83. The molecule has 0 aromatic carbocycles. The Bertz CT molecular complexity index is 413. The number of carboxylic acids is 1. The number of hydrogen-bond donors (Lipinski definition) is 3. The van der Waals surface area contributed by atoms with E-state index in [1.807, 2.05) is 0 Å². The molecule has 0 fully saturated rings. The van der Waals surface area contributed by atoms with Crippen LogP contribution in [0.5, 0.6) is 0 Å². The molecule has 0 aliphatic rings. The first-order valence-electron chi connectivity index (χ1n) is 3.80. The number of hydrogen-bond acceptors (Lipinski definition) is 4. The number of alkyl halides is 3. The van der Waals surface area contributed by atoms with Gasteiger partial charge in [0.25, 0.3) is 5.82 Å². The third-order valence-corrected chi connectivity index (χ3v) is 1.40. The molecule has 0 bridgehead atoms. The van der Waals surface area contributed by atoms with Gasteiger partial charge < -0.3 is 10.4 Å². The van der Waals surface area contributed by atoms with Crippen molar-refractivity contribution in [2.24, 2.45) is 0 Å². The number of aromatic nitrogens is 3. The van der Waals surface area contributed by atoms with Crippen molar-refractivity contribution in [2.45, 2.75) is 12.7 Å². The lowest BCUT2D eigenvalue weighted by Crippen LogP contribution is -2.36. The summed E-state index contributed by atoms with van der Waals surface area (Å²) < 4.78 is 35.2. The van der Waals surface area contributed by atoms with Gasteiger partial charge in [-0.25, -0.2) is 9.78 Å². The Labute approximate surface area is 85.7 Å². The summed E-state index contributed by atoms with van der Waals surface area (Å²) in [4.78, 5) is 24.0. The van der Waals surface area contributed by atoms with Crippen molar-refractivity contribution in [3.8, 4) is 0 Å². The second-order valence-corrected chi connectivity index (χ2v) is 2.59. The Balaban J connectivity index is 2.55. The number of halogens is 3. The average Bonchev–Trinajstić information content (AvgIpc) is 2.60. The number of nitrogens with one attached hydrogen (secondary N) is 2. The van der Waals surface area contributed by atoms with E-state index in [0.717, 1.165) is 0 Å². The molecule has 7 nitrogen and oxygen atoms in total. The average molecular weight is 238 g/mol. The fourth-order valence-corrected chi connectivity index (χ4v) is 0.734. The predicted molar refractivity (Wildman–Crippen MR) is 41.2 cm³/mol. The van der Waals surface area contributed by atoms with Crippen LogP contribution in [0.4, 0.5) is 13.2 Å². The highest BCUT2D eigenvalue weighted by Gasteiger charge is 2.38. The molecule has 0 aliphatic carbocycles. The second-order valence-electron chi connectivity index (χ2n) is 2.59. The highest BCUT2D eigenvalue weighted by Crippen LogP contribution is 2.14. The SMILES string of the molecule is O=C(O)c1n[nH]c(CNC(=O)C(F)(F)F)n1. The zero-order chi connectivity index (χ0) is 12.3. The maximum Gasteiger partial charge on any atom is 0.471 e. The van der Waals surface area contributed by atoms with Gasteiger partial charge in [-0.3, -0.25) is 9.89 Å². The van der Waals surface area contributed by atoms with Crippen LogP contribution < -0.4 is 5.32 Å². The molecule has 1 aromatic rings. The van der Waals surface area contributed by atoms with Gasteiger partial charge in [0.2, 0.25) is 0 Å². The third-order valence-electron chi connectivity index (χ3n) is 1.40. The number of rotatable bonds is 3. The smallest absolute Gasteiger partial charge is 0.471 e. The molecule has 0 spiro atoms. The van der Waals surface area contributed by atoms with Crippen molar-refractivity contribution in [1.29, 1.82) is 0 Å². The number of carboxylic acid groups (broad SMARTS) is 1. The van der Waals surface area contributed by atoms with E-state index >= 15 is 0 Å². The van der Waals surface area contributed by atoms with Crippen molar-refractivity contribution >= 4 is 11.9 Å². The Morgan fingerprint density at radius 1 is 1.44 bits per heavy atom. The normalized spacial score (nSPS) is 11.2. The maximum absolute atomic E-state index is 11.7. The molecule has 0 saturated carbocycles. The van der Waals surface area contributed by atoms with Crippen molar-refractivity contribution < 1.29 is 27.9 Å². The number of aromatic carboxylic acids is 1. The Morgan fingerprint density at radius 2 is 2.06 bits per heavy atom. The van der Waals surface area contributed by atoms with Crippen LogP contribution in [0, 0.1) is 0 Å². The molecule has 88 valence electrons. The number of H-pyrrole nitrogens is 1. The zero-order valence-electron chi connectivity index (χ0n) is 7.50. The lowest BCUT2D eigenvalue weighted by molar-refractivity contribution is -0.173. The minimum Gasteiger partial charge on any atom is -0.475 e. The number of amides is 1. The second kappa shape index (κ2) is 4.16. The summed E-state index contributed by atoms with van der Waals surface area (Å²) >= 11 is 0. The van der Waals surface area contributed by atoms with Gasteiger partial charge in [-0.15, -0.1) is 5.10 Å². The van der Waals surface area contributed by atoms with E-state index in [9.17, 15) is 22.8 Å². The van der Waals surface area contributed by atoms with Crippen molar-refractivity contribution in [1.82, 2.24) is 20.5 Å². The molecule has 16 heavy (non-hydrogen) atoms. The molecule has 1 rings (SSSR count). The summed E-state index contributed by atoms with van der Waals surface area (Å²) in [6.45, 7) is -0.585. The number of aromatic amines is 1. The molecule has 1 aromatic heterocycles. The van der Waals surface area contributed by atoms with Crippen LogP contribution in [0.3, 0.4) is 0 Å². The number of carbonyl (C=O) groups is 2. The van der Waals surface area contributed by atoms with E-state index in [-0.39, 0.29) is 5.82 Å². The molecular formula is C6H5F3N4O3. The molecule has 1 heterocycles. The topological polar surface area (TPSA) is 108 Å². The molecule has 0 aliphatic heterocycles. The minimum atomic E-state index is -4.99. The van der Waals surface area contributed by atoms with Gasteiger partial charge in [0.15, 0.2) is 0 Å². The summed E-state index contributed by atoms with van der Waals surface area (Å²) in [5, 5.41) is 15.2. The van der Waals surface area contributed by atoms with E-state index < -0.39 is 30.4 Å². The summed E-state index contributed by atoms with van der Waals surface area (Å²) in [6.07, 6.45) is -4.99. The minimum absolute atomic E-state index is 0.185. The van der Waals surface area contributed by atoms with Gasteiger partial charge in [0.1, 0.15) is 5.82 Å². The van der Waals surface area contributed by atoms with E-state index in [2.05, 4.69) is 15.2 Å². The van der Waals surface area contributed by atoms with Crippen molar-refractivity contribution in [2.75, 3.05) is 0 Å². The molecular weight excluding hydrogens is 233 g/mol. The van der Waals surface area contributed by atoms with Gasteiger partial charge >= 0.3 is 18.1 Å². The maximum atomic E-state index is 11.7. The van der Waals surface area contributed by atoms with E-state index in [1.54, 1.807) is 0 Å². The van der Waals surface area contributed by atoms with E-state index in [4.69, 9.17) is 5.11 Å². The lowest BCUT2D eigenvalue weighted by atomic mass is 10.5. The summed E-state index contributed by atoms with van der Waals surface area (Å²) in [5.74, 6) is -4.34. The summed E-state index contributed by atoms with van der Waals surface area (Å²) in [6, 6.07) is 0. The molecule has 1 amide bonds. The first-order valence-corrected chi connectivity index (χ1v) is 3.80. The molecule has 0 radical (unpaired) electrons. The molecule has 0 unspecified atom stereocenters. The van der Waals surface area contributed by atoms with Crippen LogP contribution in [-0.4, -0.2) is 38.3 Å². The van der Waals surface area contributed by atoms with Crippen LogP contribution in [0.25, 0.3) is 0 Å². The number of nitrogens with zero attached hydrogens (tertiary/aromatic N) is 2. The Hall–Kier alpha value is -2.13. The van der Waals surface area contributed by atoms with E-state index in [0.29, 0.717) is 0 Å². The molecule has 0 saturated heterocycles. The molecule has 3 N–H and O–H groups in total. The predicted octanol–water partition coefficient (Wildman–Crippen LogP) is -0.319. The van der Waals surface area contributed by atoms with Crippen LogP contribution in [0.2, 0.25) is 0 Å². The van der Waals surface area contributed by atoms with Crippen molar-refractivity contribution in [3.05, 3.63) is 11.6 Å². The molecule has 0 atom stereocenters. The quantitative estimate of drug-likeness (QED) is 0.668.